The monoisotopic (exact) mass is 303 g/mol. The number of carboxylic acids is 1. The molecule has 0 bridgehead atoms. The normalized spacial score (nSPS) is 23.7. The molecule has 0 radical (unpaired) electrons. The number of aryl methyl sites for hydroxylation is 1. The molecule has 0 aliphatic heterocycles. The van der Waals surface area contributed by atoms with Crippen LogP contribution in [0.1, 0.15) is 41.7 Å². The lowest BCUT2D eigenvalue weighted by Gasteiger charge is -2.27. The van der Waals surface area contributed by atoms with Crippen LogP contribution < -0.4 is 4.72 Å². The van der Waals surface area contributed by atoms with Crippen molar-refractivity contribution in [3.05, 3.63) is 11.3 Å². The van der Waals surface area contributed by atoms with Crippen molar-refractivity contribution in [1.29, 1.82) is 0 Å². The fourth-order valence-corrected chi connectivity index (χ4v) is 3.82. The van der Waals surface area contributed by atoms with Gasteiger partial charge in [0.05, 0.1) is 6.10 Å². The fraction of sp³-hybridized carbons (Fsp3) is 0.636. The molecule has 1 heterocycles. The molecule has 1 saturated carbocycles. The van der Waals surface area contributed by atoms with Gasteiger partial charge in [0.1, 0.15) is 5.56 Å². The molecule has 112 valence electrons. The maximum Gasteiger partial charge on any atom is 0.340 e. The summed E-state index contributed by atoms with van der Waals surface area (Å²) in [4.78, 5) is 11.1. The van der Waals surface area contributed by atoms with E-state index >= 15 is 0 Å². The molecule has 1 aromatic rings. The van der Waals surface area contributed by atoms with Crippen molar-refractivity contribution >= 4 is 16.0 Å². The first kappa shape index (κ1) is 14.9. The molecule has 0 aromatic carbocycles. The van der Waals surface area contributed by atoms with Crippen LogP contribution in [0.5, 0.6) is 0 Å². The average Bonchev–Trinajstić information content (AvgIpc) is 2.75. The van der Waals surface area contributed by atoms with Crippen LogP contribution >= 0.6 is 0 Å². The molecule has 1 aliphatic rings. The predicted molar refractivity (Wildman–Crippen MR) is 68.9 cm³/mol. The van der Waals surface area contributed by atoms with Crippen molar-refractivity contribution in [2.45, 2.75) is 49.8 Å². The van der Waals surface area contributed by atoms with Gasteiger partial charge in [0.25, 0.3) is 10.0 Å². The highest BCUT2D eigenvalue weighted by molar-refractivity contribution is 7.89. The summed E-state index contributed by atoms with van der Waals surface area (Å²) in [6.07, 6.45) is 1.95. The number of hydrogen-bond acceptors (Lipinski definition) is 5. The molecule has 8 nitrogen and oxygen atoms in total. The number of rotatable bonds is 4. The minimum atomic E-state index is -4.08. The predicted octanol–water partition coefficient (Wildman–Crippen LogP) is -0.00188. The van der Waals surface area contributed by atoms with E-state index in [2.05, 4.69) is 14.9 Å². The first-order valence-electron chi connectivity index (χ1n) is 6.31. The standard InChI is InChI=1S/C11H17N3O5S/c1-6-9(11(16)17)10(13-12-6)20(18,19)14-7-4-2-3-5-8(7)15/h7-8,14-15H,2-5H2,1H3,(H,12,13)(H,16,17)/t7-,8-/m1/s1. The van der Waals surface area contributed by atoms with E-state index in [0.717, 1.165) is 12.8 Å². The van der Waals surface area contributed by atoms with Crippen molar-refractivity contribution in [1.82, 2.24) is 14.9 Å². The van der Waals surface area contributed by atoms with Crippen LogP contribution in [0.4, 0.5) is 0 Å². The smallest absolute Gasteiger partial charge is 0.340 e. The Morgan fingerprint density at radius 2 is 2.05 bits per heavy atom. The van der Waals surface area contributed by atoms with Crippen molar-refractivity contribution < 1.29 is 23.4 Å². The molecule has 2 atom stereocenters. The molecule has 0 unspecified atom stereocenters. The number of carboxylic acid groups (broad SMARTS) is 1. The van der Waals surface area contributed by atoms with Crippen LogP contribution in [0.3, 0.4) is 0 Å². The molecular weight excluding hydrogens is 286 g/mol. The second-order valence-corrected chi connectivity index (χ2v) is 6.54. The summed E-state index contributed by atoms with van der Waals surface area (Å²) in [5.41, 5.74) is -0.204. The Hall–Kier alpha value is -1.45. The number of H-pyrrole nitrogens is 1. The third kappa shape index (κ3) is 2.84. The van der Waals surface area contributed by atoms with E-state index in [9.17, 15) is 18.3 Å². The van der Waals surface area contributed by atoms with Crippen LogP contribution in [-0.2, 0) is 10.0 Å². The fourth-order valence-electron chi connectivity index (χ4n) is 2.36. The Morgan fingerprint density at radius 1 is 1.40 bits per heavy atom. The number of aliphatic hydroxyl groups is 1. The lowest BCUT2D eigenvalue weighted by atomic mass is 9.93. The summed E-state index contributed by atoms with van der Waals surface area (Å²) >= 11 is 0. The third-order valence-electron chi connectivity index (χ3n) is 3.42. The van der Waals surface area contributed by atoms with Gasteiger partial charge >= 0.3 is 5.97 Å². The van der Waals surface area contributed by atoms with Gasteiger partial charge in [0, 0.05) is 11.7 Å². The zero-order chi connectivity index (χ0) is 14.9. The van der Waals surface area contributed by atoms with Gasteiger partial charge < -0.3 is 10.2 Å². The SMILES string of the molecule is Cc1[nH]nc(S(=O)(=O)N[C@@H]2CCCC[C@H]2O)c1C(=O)O. The summed E-state index contributed by atoms with van der Waals surface area (Å²) < 4.78 is 26.8. The van der Waals surface area contributed by atoms with Gasteiger partial charge in [-0.1, -0.05) is 12.8 Å². The van der Waals surface area contributed by atoms with E-state index in [4.69, 9.17) is 5.11 Å². The maximum atomic E-state index is 12.2. The molecule has 0 spiro atoms. The second-order valence-electron chi connectivity index (χ2n) is 4.91. The number of sulfonamides is 1. The Balaban J connectivity index is 2.29. The van der Waals surface area contributed by atoms with E-state index in [1.165, 1.54) is 6.92 Å². The Bertz CT molecular complexity index is 610. The highest BCUT2D eigenvalue weighted by Gasteiger charge is 2.33. The van der Waals surface area contributed by atoms with Gasteiger partial charge in [0.2, 0.25) is 5.03 Å². The van der Waals surface area contributed by atoms with Crippen molar-refractivity contribution in [2.75, 3.05) is 0 Å². The maximum absolute atomic E-state index is 12.2. The molecule has 1 aromatic heterocycles. The number of carbonyl (C=O) groups is 1. The number of aromatic nitrogens is 2. The third-order valence-corrected chi connectivity index (χ3v) is 4.84. The van der Waals surface area contributed by atoms with Crippen molar-refractivity contribution in [3.8, 4) is 0 Å². The lowest BCUT2D eigenvalue weighted by molar-refractivity contribution is 0.0692. The first-order valence-corrected chi connectivity index (χ1v) is 7.80. The molecule has 9 heteroatoms. The summed E-state index contributed by atoms with van der Waals surface area (Å²) in [6, 6.07) is -0.604. The van der Waals surface area contributed by atoms with E-state index in [1.807, 2.05) is 0 Å². The molecule has 20 heavy (non-hydrogen) atoms. The van der Waals surface area contributed by atoms with Gasteiger partial charge in [-0.05, 0) is 19.8 Å². The van der Waals surface area contributed by atoms with Crippen LogP contribution in [0, 0.1) is 6.92 Å². The highest BCUT2D eigenvalue weighted by atomic mass is 32.2. The van der Waals surface area contributed by atoms with E-state index in [-0.39, 0.29) is 11.3 Å². The van der Waals surface area contributed by atoms with Gasteiger partial charge in [-0.3, -0.25) is 5.10 Å². The van der Waals surface area contributed by atoms with Gasteiger partial charge in [-0.25, -0.2) is 17.9 Å². The van der Waals surface area contributed by atoms with Gasteiger partial charge in [-0.2, -0.15) is 5.10 Å². The molecule has 2 rings (SSSR count). The van der Waals surface area contributed by atoms with Crippen LogP contribution in [0.25, 0.3) is 0 Å². The summed E-state index contributed by atoms with van der Waals surface area (Å²) in [6.45, 7) is 1.44. The molecule has 0 amide bonds. The number of hydrogen-bond donors (Lipinski definition) is 4. The topological polar surface area (TPSA) is 132 Å². The molecule has 4 N–H and O–H groups in total. The van der Waals surface area contributed by atoms with Crippen LogP contribution in [-0.4, -0.2) is 46.9 Å². The minimum Gasteiger partial charge on any atom is -0.478 e. The molecule has 1 fully saturated rings. The number of nitrogens with zero attached hydrogens (tertiary/aromatic N) is 1. The number of aromatic amines is 1. The van der Waals surface area contributed by atoms with Crippen LogP contribution in [0.15, 0.2) is 5.03 Å². The first-order chi connectivity index (χ1) is 9.33. The number of aliphatic hydroxyl groups excluding tert-OH is 1. The summed E-state index contributed by atoms with van der Waals surface area (Å²) in [5.74, 6) is -1.36. The largest absolute Gasteiger partial charge is 0.478 e. The summed E-state index contributed by atoms with van der Waals surface area (Å²) in [5, 5.41) is 24.2. The number of nitrogens with one attached hydrogen (secondary N) is 2. The van der Waals surface area contributed by atoms with E-state index in [0.29, 0.717) is 12.8 Å². The number of aromatic carboxylic acids is 1. The quantitative estimate of drug-likeness (QED) is 0.619. The van der Waals surface area contributed by atoms with Gasteiger partial charge in [-0.15, -0.1) is 0 Å². The van der Waals surface area contributed by atoms with Crippen molar-refractivity contribution in [2.24, 2.45) is 0 Å². The van der Waals surface area contributed by atoms with Gasteiger partial charge in [0.15, 0.2) is 0 Å². The van der Waals surface area contributed by atoms with E-state index < -0.39 is 33.2 Å². The Labute approximate surface area is 116 Å². The second kappa shape index (κ2) is 5.51. The highest BCUT2D eigenvalue weighted by Crippen LogP contribution is 2.22. The zero-order valence-electron chi connectivity index (χ0n) is 11.0. The van der Waals surface area contributed by atoms with Crippen molar-refractivity contribution in [3.63, 3.8) is 0 Å². The molecule has 0 saturated heterocycles. The summed E-state index contributed by atoms with van der Waals surface area (Å²) in [7, 11) is -4.08. The lowest BCUT2D eigenvalue weighted by Crippen LogP contribution is -2.45. The van der Waals surface area contributed by atoms with E-state index in [1.54, 1.807) is 0 Å². The average molecular weight is 303 g/mol. The molecular formula is C11H17N3O5S. The van der Waals surface area contributed by atoms with Crippen LogP contribution in [0.2, 0.25) is 0 Å². The molecule has 1 aliphatic carbocycles. The Morgan fingerprint density at radius 3 is 2.65 bits per heavy atom. The Kier molecular flexibility index (Phi) is 4.11. The minimum absolute atomic E-state index is 0.169. The zero-order valence-corrected chi connectivity index (χ0v) is 11.8.